The number of hydrogen-bond acceptors (Lipinski definition) is 4. The van der Waals surface area contributed by atoms with Crippen LogP contribution in [0.3, 0.4) is 0 Å². The Hall–Kier alpha value is -0.983. The molecule has 2 unspecified atom stereocenters. The van der Waals surface area contributed by atoms with Gasteiger partial charge in [-0.2, -0.15) is 4.98 Å². The van der Waals surface area contributed by atoms with E-state index in [2.05, 4.69) is 37.7 Å². The van der Waals surface area contributed by atoms with Gasteiger partial charge >= 0.3 is 0 Å². The van der Waals surface area contributed by atoms with Crippen molar-refractivity contribution in [1.29, 1.82) is 0 Å². The molecular weight excluding hydrogens is 378 g/mol. The minimum atomic E-state index is -1.79. The van der Waals surface area contributed by atoms with Crippen LogP contribution in [0.5, 0.6) is 0 Å². The fourth-order valence-corrected chi connectivity index (χ4v) is 8.60. The lowest BCUT2D eigenvalue weighted by Gasteiger charge is -2.44. The van der Waals surface area contributed by atoms with Crippen LogP contribution in [0, 0.1) is 0 Å². The molecule has 4 rings (SSSR count). The fraction of sp³-hybridized carbons (Fsp3) is 0.750. The van der Waals surface area contributed by atoms with E-state index in [1.165, 1.54) is 0 Å². The number of rotatable bonds is 6. The van der Waals surface area contributed by atoms with Gasteiger partial charge in [0.25, 0.3) is 0 Å². The average Bonchev–Trinajstić information content (AvgIpc) is 3.34. The molecule has 1 aromatic rings. The third-order valence-corrected chi connectivity index (χ3v) is 12.4. The lowest BCUT2D eigenvalue weighted by Crippen LogP contribution is -2.56. The van der Waals surface area contributed by atoms with Crippen LogP contribution in [-0.4, -0.2) is 35.8 Å². The molecule has 0 aromatic carbocycles. The Morgan fingerprint density at radius 1 is 1.26 bits per heavy atom. The number of nitrogens with zero attached hydrogens (tertiary/aromatic N) is 3. The molecule has 0 radical (unpaired) electrons. The van der Waals surface area contributed by atoms with Crippen molar-refractivity contribution in [2.24, 2.45) is 0 Å². The number of hydrogen-bond donors (Lipinski definition) is 0. The Morgan fingerprint density at radius 2 is 1.93 bits per heavy atom. The summed E-state index contributed by atoms with van der Waals surface area (Å²) >= 11 is 6.12. The second-order valence-electron chi connectivity index (χ2n) is 8.70. The fourth-order valence-electron chi connectivity index (χ4n) is 5.31. The molecule has 3 aliphatic rings. The highest BCUT2D eigenvalue weighted by atomic mass is 35.5. The summed E-state index contributed by atoms with van der Waals surface area (Å²) in [6, 6.07) is 3.38. The van der Waals surface area contributed by atoms with E-state index < -0.39 is 13.7 Å². The summed E-state index contributed by atoms with van der Waals surface area (Å²) in [5, 5.41) is 0.212. The summed E-state index contributed by atoms with van der Waals surface area (Å²) in [5.41, 5.74) is 0.271. The number of halogens is 1. The second-order valence-corrected chi connectivity index (χ2v) is 13.7. The van der Waals surface area contributed by atoms with Gasteiger partial charge in [0, 0.05) is 11.8 Å². The van der Waals surface area contributed by atoms with Crippen LogP contribution in [0.4, 0.5) is 5.82 Å². The van der Waals surface area contributed by atoms with Gasteiger partial charge in [-0.25, -0.2) is 4.98 Å². The van der Waals surface area contributed by atoms with Crippen molar-refractivity contribution >= 4 is 31.6 Å². The molecule has 0 saturated heterocycles. The Kier molecular flexibility index (Phi) is 4.68. The van der Waals surface area contributed by atoms with Crippen LogP contribution in [-0.2, 0) is 14.6 Å². The van der Waals surface area contributed by atoms with E-state index in [9.17, 15) is 4.79 Å². The maximum Gasteiger partial charge on any atom is 0.239 e. The monoisotopic (exact) mass is 407 g/mol. The van der Waals surface area contributed by atoms with Crippen molar-refractivity contribution in [1.82, 2.24) is 9.97 Å². The summed E-state index contributed by atoms with van der Waals surface area (Å²) in [6.45, 7) is 9.00. The predicted octanol–water partition coefficient (Wildman–Crippen LogP) is 4.84. The van der Waals surface area contributed by atoms with Crippen LogP contribution < -0.4 is 4.90 Å². The smallest absolute Gasteiger partial charge is 0.239 e. The van der Waals surface area contributed by atoms with Gasteiger partial charge in [-0.05, 0) is 68.8 Å². The average molecular weight is 408 g/mol. The Morgan fingerprint density at radius 3 is 2.52 bits per heavy atom. The molecule has 2 atom stereocenters. The van der Waals surface area contributed by atoms with Crippen molar-refractivity contribution in [2.75, 3.05) is 4.90 Å². The van der Waals surface area contributed by atoms with E-state index in [0.29, 0.717) is 0 Å². The summed E-state index contributed by atoms with van der Waals surface area (Å²) in [7, 11) is -1.79. The van der Waals surface area contributed by atoms with Gasteiger partial charge in [-0.1, -0.05) is 20.8 Å². The topological polar surface area (TPSA) is 55.3 Å². The SMILES string of the molecule is CC[Si](CC)(CC)OC1(C)CCCC1N1C(=O)C2(CC2)c2cnc(Cl)nc21. The highest BCUT2D eigenvalue weighted by Gasteiger charge is 2.63. The third kappa shape index (κ3) is 2.78. The van der Waals surface area contributed by atoms with E-state index in [1.54, 1.807) is 6.20 Å². The largest absolute Gasteiger partial charge is 0.410 e. The van der Waals surface area contributed by atoms with E-state index in [-0.39, 0.29) is 22.8 Å². The molecular formula is C20H30ClN3O2Si. The molecule has 5 nitrogen and oxygen atoms in total. The van der Waals surface area contributed by atoms with Crippen LogP contribution in [0.25, 0.3) is 0 Å². The minimum absolute atomic E-state index is 0.0335. The molecule has 148 valence electrons. The third-order valence-electron chi connectivity index (χ3n) is 7.41. The second kappa shape index (κ2) is 6.53. The highest BCUT2D eigenvalue weighted by Crippen LogP contribution is 2.58. The molecule has 7 heteroatoms. The normalized spacial score (nSPS) is 28.9. The molecule has 1 spiro atoms. The first-order valence-corrected chi connectivity index (χ1v) is 13.3. The molecule has 2 aliphatic carbocycles. The molecule has 27 heavy (non-hydrogen) atoms. The van der Waals surface area contributed by atoms with E-state index in [4.69, 9.17) is 16.0 Å². The summed E-state index contributed by atoms with van der Waals surface area (Å²) in [4.78, 5) is 24.1. The highest BCUT2D eigenvalue weighted by molar-refractivity contribution is 6.73. The summed E-state index contributed by atoms with van der Waals surface area (Å²) < 4.78 is 7.01. The van der Waals surface area contributed by atoms with Gasteiger partial charge in [-0.15, -0.1) is 0 Å². The Bertz CT molecular complexity index is 757. The van der Waals surface area contributed by atoms with E-state index in [0.717, 1.165) is 61.6 Å². The Balaban J connectivity index is 1.72. The lowest BCUT2D eigenvalue weighted by atomic mass is 9.98. The zero-order valence-corrected chi connectivity index (χ0v) is 18.6. The first-order valence-electron chi connectivity index (χ1n) is 10.4. The van der Waals surface area contributed by atoms with Crippen LogP contribution >= 0.6 is 11.6 Å². The molecule has 2 saturated carbocycles. The zero-order valence-electron chi connectivity index (χ0n) is 16.8. The van der Waals surface area contributed by atoms with Crippen molar-refractivity contribution < 1.29 is 9.22 Å². The molecule has 2 heterocycles. The van der Waals surface area contributed by atoms with Crippen LogP contribution in [0.1, 0.15) is 65.4 Å². The van der Waals surface area contributed by atoms with Gasteiger partial charge < -0.3 is 4.43 Å². The minimum Gasteiger partial charge on any atom is -0.410 e. The van der Waals surface area contributed by atoms with Crippen molar-refractivity contribution in [2.45, 2.75) is 95.0 Å². The van der Waals surface area contributed by atoms with Gasteiger partial charge in [0.05, 0.1) is 17.1 Å². The van der Waals surface area contributed by atoms with Gasteiger partial charge in [0.1, 0.15) is 5.82 Å². The standard InChI is InChI=1S/C20H30ClN3O2Si/c1-5-27(6-2,7-3)26-19(4)10-8-9-15(19)24-16-14(13-22-18(21)23-16)20(11-12-20)17(24)25/h13,15H,5-12H2,1-4H3. The maximum atomic E-state index is 13.5. The van der Waals surface area contributed by atoms with E-state index >= 15 is 0 Å². The van der Waals surface area contributed by atoms with Crippen molar-refractivity contribution in [3.05, 3.63) is 17.0 Å². The van der Waals surface area contributed by atoms with Crippen molar-refractivity contribution in [3.8, 4) is 0 Å². The van der Waals surface area contributed by atoms with Crippen molar-refractivity contribution in [3.63, 3.8) is 0 Å². The number of carbonyl (C=O) groups is 1. The summed E-state index contributed by atoms with van der Waals surface area (Å²) in [5.74, 6) is 0.920. The number of amides is 1. The molecule has 2 fully saturated rings. The first-order chi connectivity index (χ1) is 12.8. The maximum absolute atomic E-state index is 13.5. The number of aromatic nitrogens is 2. The zero-order chi connectivity index (χ0) is 19.4. The van der Waals surface area contributed by atoms with E-state index in [1.807, 2.05) is 4.90 Å². The number of fused-ring (bicyclic) bond motifs is 2. The van der Waals surface area contributed by atoms with Gasteiger partial charge in [0.15, 0.2) is 8.32 Å². The number of carbonyl (C=O) groups excluding carboxylic acids is 1. The molecule has 0 bridgehead atoms. The predicted molar refractivity (Wildman–Crippen MR) is 110 cm³/mol. The lowest BCUT2D eigenvalue weighted by molar-refractivity contribution is -0.121. The van der Waals surface area contributed by atoms with Gasteiger partial charge in [-0.3, -0.25) is 9.69 Å². The molecule has 1 aliphatic heterocycles. The van der Waals surface area contributed by atoms with Gasteiger partial charge in [0.2, 0.25) is 11.2 Å². The Labute approximate surface area is 168 Å². The van der Waals surface area contributed by atoms with Crippen LogP contribution in [0.15, 0.2) is 6.20 Å². The number of anilines is 1. The molecule has 0 N–H and O–H groups in total. The van der Waals surface area contributed by atoms with Crippen LogP contribution in [0.2, 0.25) is 23.4 Å². The molecule has 1 aromatic heterocycles. The molecule has 1 amide bonds. The first kappa shape index (κ1) is 19.3. The summed E-state index contributed by atoms with van der Waals surface area (Å²) in [6.07, 6.45) is 6.59. The quantitative estimate of drug-likeness (QED) is 0.500.